The molecule has 4 rings (SSSR count). The van der Waals surface area contributed by atoms with Gasteiger partial charge in [-0.1, -0.05) is 28.1 Å². The third kappa shape index (κ3) is 4.12. The monoisotopic (exact) mass is 478 g/mol. The molecule has 2 fully saturated rings. The number of morpholine rings is 1. The van der Waals surface area contributed by atoms with Crippen molar-refractivity contribution in [3.05, 3.63) is 64.1 Å². The molecule has 29 heavy (non-hydrogen) atoms. The van der Waals surface area contributed by atoms with Crippen molar-refractivity contribution in [2.75, 3.05) is 26.3 Å². The summed E-state index contributed by atoms with van der Waals surface area (Å²) in [6, 6.07) is 14.2. The molecule has 154 valence electrons. The Morgan fingerprint density at radius 3 is 2.34 bits per heavy atom. The summed E-state index contributed by atoms with van der Waals surface area (Å²) >= 11 is 3.50. The number of amides is 1. The van der Waals surface area contributed by atoms with Crippen molar-refractivity contribution in [1.82, 2.24) is 9.62 Å². The number of ether oxygens (including phenoxy) is 1. The van der Waals surface area contributed by atoms with E-state index in [0.29, 0.717) is 31.9 Å². The minimum absolute atomic E-state index is 0.194. The van der Waals surface area contributed by atoms with Crippen LogP contribution in [0.4, 0.5) is 0 Å². The molecule has 1 aliphatic heterocycles. The summed E-state index contributed by atoms with van der Waals surface area (Å²) in [6.45, 7) is 1.49. The molecule has 6 nitrogen and oxygen atoms in total. The first kappa shape index (κ1) is 20.5. The van der Waals surface area contributed by atoms with Crippen molar-refractivity contribution < 1.29 is 17.9 Å². The van der Waals surface area contributed by atoms with Crippen molar-refractivity contribution in [2.24, 2.45) is 0 Å². The largest absolute Gasteiger partial charge is 0.379 e. The lowest BCUT2D eigenvalue weighted by Gasteiger charge is -2.43. The molecule has 1 heterocycles. The van der Waals surface area contributed by atoms with Gasteiger partial charge in [0, 0.05) is 23.1 Å². The molecule has 1 N–H and O–H groups in total. The van der Waals surface area contributed by atoms with E-state index in [4.69, 9.17) is 4.74 Å². The van der Waals surface area contributed by atoms with E-state index >= 15 is 0 Å². The fourth-order valence-corrected chi connectivity index (χ4v) is 5.61. The number of carbonyl (C=O) groups is 1. The summed E-state index contributed by atoms with van der Waals surface area (Å²) in [4.78, 5) is 13.1. The zero-order valence-electron chi connectivity index (χ0n) is 15.9. The summed E-state index contributed by atoms with van der Waals surface area (Å²) in [6.07, 6.45) is 2.83. The van der Waals surface area contributed by atoms with Crippen LogP contribution in [0.25, 0.3) is 0 Å². The number of rotatable bonds is 5. The van der Waals surface area contributed by atoms with Gasteiger partial charge in [0.1, 0.15) is 0 Å². The number of nitrogens with one attached hydrogen (secondary N) is 1. The number of hydrogen-bond donors (Lipinski definition) is 1. The third-order valence-electron chi connectivity index (χ3n) is 5.66. The number of halogens is 1. The normalized spacial score (nSPS) is 19.3. The Labute approximate surface area is 179 Å². The van der Waals surface area contributed by atoms with Crippen molar-refractivity contribution >= 4 is 31.9 Å². The first-order valence-corrected chi connectivity index (χ1v) is 11.9. The maximum absolute atomic E-state index is 12.9. The van der Waals surface area contributed by atoms with Gasteiger partial charge in [-0.3, -0.25) is 4.79 Å². The van der Waals surface area contributed by atoms with Crippen LogP contribution in [0.3, 0.4) is 0 Å². The molecule has 0 unspecified atom stereocenters. The third-order valence-corrected chi connectivity index (χ3v) is 8.07. The molecule has 1 aliphatic carbocycles. The van der Waals surface area contributed by atoms with Gasteiger partial charge < -0.3 is 10.1 Å². The van der Waals surface area contributed by atoms with Crippen LogP contribution in [0.5, 0.6) is 0 Å². The van der Waals surface area contributed by atoms with Gasteiger partial charge in [0.25, 0.3) is 5.91 Å². The van der Waals surface area contributed by atoms with Gasteiger partial charge >= 0.3 is 0 Å². The zero-order valence-corrected chi connectivity index (χ0v) is 18.3. The van der Waals surface area contributed by atoms with E-state index in [1.54, 1.807) is 12.1 Å². The van der Waals surface area contributed by atoms with Crippen molar-refractivity contribution in [3.63, 3.8) is 0 Å². The van der Waals surface area contributed by atoms with E-state index in [9.17, 15) is 13.2 Å². The summed E-state index contributed by atoms with van der Waals surface area (Å²) in [5.74, 6) is -0.194. The number of hydrogen-bond acceptors (Lipinski definition) is 4. The lowest BCUT2D eigenvalue weighted by molar-refractivity contribution is 0.0730. The maximum Gasteiger partial charge on any atom is 0.251 e. The number of sulfonamides is 1. The van der Waals surface area contributed by atoms with Crippen LogP contribution < -0.4 is 5.32 Å². The van der Waals surface area contributed by atoms with Gasteiger partial charge in [-0.25, -0.2) is 8.42 Å². The molecule has 2 aromatic carbocycles. The quantitative estimate of drug-likeness (QED) is 0.715. The first-order valence-electron chi connectivity index (χ1n) is 9.67. The molecular formula is C21H23BrN2O4S. The van der Waals surface area contributed by atoms with Crippen LogP contribution in [-0.2, 0) is 20.3 Å². The molecule has 1 amide bonds. The Morgan fingerprint density at radius 2 is 1.76 bits per heavy atom. The summed E-state index contributed by atoms with van der Waals surface area (Å²) in [7, 11) is -3.56. The molecule has 2 aliphatic rings. The average Bonchev–Trinajstić information content (AvgIpc) is 2.71. The number of carbonyl (C=O) groups excluding carboxylic acids is 1. The molecule has 1 saturated carbocycles. The van der Waals surface area contributed by atoms with E-state index in [1.807, 2.05) is 24.3 Å². The molecule has 8 heteroatoms. The fraction of sp³-hybridized carbons (Fsp3) is 0.381. The average molecular weight is 479 g/mol. The van der Waals surface area contributed by atoms with Crippen LogP contribution in [0.1, 0.15) is 35.2 Å². The lowest BCUT2D eigenvalue weighted by Crippen LogP contribution is -2.50. The molecule has 0 atom stereocenters. The topological polar surface area (TPSA) is 75.7 Å². The van der Waals surface area contributed by atoms with E-state index in [-0.39, 0.29) is 16.3 Å². The van der Waals surface area contributed by atoms with Crippen LogP contribution >= 0.6 is 15.9 Å². The molecular weight excluding hydrogens is 456 g/mol. The van der Waals surface area contributed by atoms with Gasteiger partial charge in [0.15, 0.2) is 0 Å². The van der Waals surface area contributed by atoms with E-state index in [2.05, 4.69) is 21.2 Å². The molecule has 0 aromatic heterocycles. The molecule has 0 radical (unpaired) electrons. The van der Waals surface area contributed by atoms with Crippen LogP contribution in [0.15, 0.2) is 57.9 Å². The van der Waals surface area contributed by atoms with E-state index < -0.39 is 10.0 Å². The Morgan fingerprint density at radius 1 is 1.07 bits per heavy atom. The Hall–Kier alpha value is -1.74. The summed E-state index contributed by atoms with van der Waals surface area (Å²) in [5, 5.41) is 3.18. The predicted molar refractivity (Wildman–Crippen MR) is 113 cm³/mol. The highest BCUT2D eigenvalue weighted by atomic mass is 79.9. The van der Waals surface area contributed by atoms with Gasteiger partial charge in [0.05, 0.1) is 23.6 Å². The number of nitrogens with zero attached hydrogens (tertiary/aromatic N) is 1. The second-order valence-corrected chi connectivity index (χ2v) is 10.3. The standard InChI is InChI=1S/C21H23BrN2O4S/c22-18-4-1-3-17(15-18)21(9-2-10-21)23-20(25)16-5-7-19(8-6-16)29(26,27)24-11-13-28-14-12-24/h1,3-8,15H,2,9-14H2,(H,23,25). The summed E-state index contributed by atoms with van der Waals surface area (Å²) in [5.41, 5.74) is 1.17. The van der Waals surface area contributed by atoms with E-state index in [1.165, 1.54) is 16.4 Å². The van der Waals surface area contributed by atoms with Crippen molar-refractivity contribution in [3.8, 4) is 0 Å². The van der Waals surface area contributed by atoms with Gasteiger partial charge in [0.2, 0.25) is 10.0 Å². The van der Waals surface area contributed by atoms with Crippen molar-refractivity contribution in [1.29, 1.82) is 0 Å². The minimum atomic E-state index is -3.56. The molecule has 0 bridgehead atoms. The maximum atomic E-state index is 12.9. The zero-order chi connectivity index (χ0) is 20.5. The predicted octanol–water partition coefficient (Wildman–Crippen LogP) is 3.28. The molecule has 2 aromatic rings. The smallest absolute Gasteiger partial charge is 0.251 e. The second-order valence-electron chi connectivity index (χ2n) is 7.44. The van der Waals surface area contributed by atoms with Gasteiger partial charge in [-0.05, 0) is 61.2 Å². The molecule has 1 saturated heterocycles. The first-order chi connectivity index (χ1) is 13.9. The summed E-state index contributed by atoms with van der Waals surface area (Å²) < 4.78 is 33.1. The highest BCUT2D eigenvalue weighted by molar-refractivity contribution is 9.10. The van der Waals surface area contributed by atoms with Crippen LogP contribution in [-0.4, -0.2) is 44.9 Å². The Balaban J connectivity index is 1.51. The minimum Gasteiger partial charge on any atom is -0.379 e. The van der Waals surface area contributed by atoms with E-state index in [0.717, 1.165) is 29.3 Å². The van der Waals surface area contributed by atoms with Gasteiger partial charge in [-0.2, -0.15) is 4.31 Å². The SMILES string of the molecule is O=C(NC1(c2cccc(Br)c2)CCC1)c1ccc(S(=O)(=O)N2CCOCC2)cc1. The Bertz CT molecular complexity index is 998. The lowest BCUT2D eigenvalue weighted by atomic mass is 9.71. The highest BCUT2D eigenvalue weighted by Gasteiger charge is 2.40. The van der Waals surface area contributed by atoms with Gasteiger partial charge in [-0.15, -0.1) is 0 Å². The van der Waals surface area contributed by atoms with Crippen LogP contribution in [0.2, 0.25) is 0 Å². The molecule has 0 spiro atoms. The Kier molecular flexibility index (Phi) is 5.79. The highest BCUT2D eigenvalue weighted by Crippen LogP contribution is 2.42. The fourth-order valence-electron chi connectivity index (χ4n) is 3.81. The van der Waals surface area contributed by atoms with Crippen LogP contribution in [0, 0.1) is 0 Å². The second kappa shape index (κ2) is 8.18. The number of benzene rings is 2. The van der Waals surface area contributed by atoms with Crippen molar-refractivity contribution in [2.45, 2.75) is 29.7 Å².